The lowest BCUT2D eigenvalue weighted by atomic mass is 10.0. The summed E-state index contributed by atoms with van der Waals surface area (Å²) in [6.07, 6.45) is 9.95. The zero-order chi connectivity index (χ0) is 58.5. The Morgan fingerprint density at radius 1 is 0.566 bits per heavy atom. The van der Waals surface area contributed by atoms with Gasteiger partial charge in [-0.25, -0.2) is 26.8 Å². The summed E-state index contributed by atoms with van der Waals surface area (Å²) in [7, 11) is -3.16. The molecule has 4 fully saturated rings. The first-order valence-electron chi connectivity index (χ1n) is 28.0. The summed E-state index contributed by atoms with van der Waals surface area (Å²) in [5.41, 5.74) is 6.15. The van der Waals surface area contributed by atoms with E-state index in [9.17, 15) is 21.9 Å². The van der Waals surface area contributed by atoms with Crippen LogP contribution in [0.3, 0.4) is 0 Å². The maximum absolute atomic E-state index is 11.9. The number of benzene rings is 4. The number of aromatic nitrogens is 4. The van der Waals surface area contributed by atoms with E-state index in [1.54, 1.807) is 50.6 Å². The number of piperidine rings is 2. The van der Waals surface area contributed by atoms with E-state index in [2.05, 4.69) is 83.2 Å². The van der Waals surface area contributed by atoms with Crippen molar-refractivity contribution in [2.75, 3.05) is 149 Å². The van der Waals surface area contributed by atoms with Crippen LogP contribution in [0.15, 0.2) is 97.3 Å². The third-order valence-corrected chi connectivity index (χ3v) is 17.6. The van der Waals surface area contributed by atoms with Crippen molar-refractivity contribution in [3.05, 3.63) is 118 Å². The molecule has 446 valence electrons. The molecule has 6 N–H and O–H groups in total. The number of hydrogen-bond donors (Lipinski definition) is 6. The number of aliphatic hydroxyl groups excluding tert-OH is 1. The molecule has 0 spiro atoms. The number of nitrogens with zero attached hydrogens (tertiary/aromatic N) is 9. The molecule has 0 unspecified atom stereocenters. The topological polar surface area (TPSA) is 235 Å². The number of hydrogen-bond acceptors (Lipinski definition) is 21. The van der Waals surface area contributed by atoms with Crippen LogP contribution in [-0.2, 0) is 31.2 Å². The van der Waals surface area contributed by atoms with Crippen molar-refractivity contribution in [2.45, 2.75) is 49.3 Å². The van der Waals surface area contributed by atoms with Gasteiger partial charge in [-0.15, -0.1) is 0 Å². The highest BCUT2D eigenvalue weighted by Gasteiger charge is 2.29. The smallest absolute Gasteiger partial charge is 0.229 e. The molecule has 2 aromatic heterocycles. The molecule has 4 saturated heterocycles. The molecule has 4 aliphatic rings. The van der Waals surface area contributed by atoms with Crippen LogP contribution in [0, 0.1) is 0 Å². The lowest BCUT2D eigenvalue weighted by molar-refractivity contribution is 0.0747. The van der Waals surface area contributed by atoms with Crippen molar-refractivity contribution < 1.29 is 31.4 Å². The van der Waals surface area contributed by atoms with Crippen LogP contribution in [0.4, 0.5) is 57.7 Å². The van der Waals surface area contributed by atoms with Crippen molar-refractivity contribution in [1.82, 2.24) is 40.0 Å². The Bertz CT molecular complexity index is 3360. The Morgan fingerprint density at radius 3 is 1.40 bits per heavy atom. The van der Waals surface area contributed by atoms with Gasteiger partial charge in [0.25, 0.3) is 0 Å². The molecule has 0 bridgehead atoms. The first kappa shape index (κ1) is 61.3. The predicted octanol–water partition coefficient (Wildman–Crippen LogP) is 7.79. The van der Waals surface area contributed by atoms with E-state index < -0.39 is 19.7 Å². The summed E-state index contributed by atoms with van der Waals surface area (Å²) in [5, 5.41) is 26.1. The van der Waals surface area contributed by atoms with Crippen LogP contribution in [0.2, 0.25) is 10.0 Å². The Morgan fingerprint density at radius 2 is 0.988 bits per heavy atom. The molecule has 4 aromatic carbocycles. The highest BCUT2D eigenvalue weighted by atomic mass is 35.5. The summed E-state index contributed by atoms with van der Waals surface area (Å²) in [4.78, 5) is 30.2. The van der Waals surface area contributed by atoms with E-state index in [1.807, 2.05) is 36.4 Å². The van der Waals surface area contributed by atoms with Gasteiger partial charge in [0.05, 0.1) is 56.1 Å². The number of aliphatic hydroxyl groups is 1. The molecule has 83 heavy (non-hydrogen) atoms. The number of para-hydroxylation sites is 2. The van der Waals surface area contributed by atoms with Crippen LogP contribution in [0.5, 0.6) is 11.5 Å². The van der Waals surface area contributed by atoms with E-state index in [0.29, 0.717) is 85.3 Å². The Kier molecular flexibility index (Phi) is 21.1. The third kappa shape index (κ3) is 17.2. The van der Waals surface area contributed by atoms with E-state index in [1.165, 1.54) is 24.9 Å². The number of β-amino-alcohol motifs (C(OH)–C–C–N with tert-alkyl or cyclic N) is 1. The van der Waals surface area contributed by atoms with Crippen LogP contribution in [-0.4, -0.2) is 187 Å². The fourth-order valence-electron chi connectivity index (χ4n) is 11.1. The van der Waals surface area contributed by atoms with Gasteiger partial charge in [-0.2, -0.15) is 9.97 Å². The van der Waals surface area contributed by atoms with Gasteiger partial charge in [-0.3, -0.25) is 14.7 Å². The van der Waals surface area contributed by atoms with Crippen molar-refractivity contribution in [1.29, 1.82) is 0 Å². The molecule has 0 amide bonds. The van der Waals surface area contributed by atoms with Gasteiger partial charge in [0.2, 0.25) is 11.9 Å². The first-order chi connectivity index (χ1) is 40.0. The lowest BCUT2D eigenvalue weighted by Gasteiger charge is -2.43. The Labute approximate surface area is 497 Å². The number of piperazine rings is 2. The van der Waals surface area contributed by atoms with Crippen molar-refractivity contribution >= 4 is 101 Å². The fraction of sp³-hybridized carbons (Fsp3) is 0.448. The van der Waals surface area contributed by atoms with Gasteiger partial charge in [-0.05, 0) is 73.2 Å². The monoisotopic (exact) mass is 1210 g/mol. The second-order valence-corrected chi connectivity index (χ2v) is 26.4. The number of rotatable bonds is 20. The number of halogens is 2. The minimum absolute atomic E-state index is 0.0963. The summed E-state index contributed by atoms with van der Waals surface area (Å²) in [5.74, 6) is 2.53. The van der Waals surface area contributed by atoms with Gasteiger partial charge < -0.3 is 51.0 Å². The summed E-state index contributed by atoms with van der Waals surface area (Å²) in [6, 6.07) is 27.8. The van der Waals surface area contributed by atoms with Crippen molar-refractivity contribution in [3.8, 4) is 11.5 Å². The maximum atomic E-state index is 11.9. The zero-order valence-corrected chi connectivity index (χ0v) is 50.7. The second-order valence-electron chi connectivity index (χ2n) is 21.3. The lowest BCUT2D eigenvalue weighted by Crippen LogP contribution is -2.53. The van der Waals surface area contributed by atoms with Crippen molar-refractivity contribution in [2.24, 2.45) is 0 Å². The van der Waals surface area contributed by atoms with E-state index in [-0.39, 0.29) is 18.1 Å². The van der Waals surface area contributed by atoms with Gasteiger partial charge in [0.15, 0.2) is 31.3 Å². The number of anilines is 10. The number of methoxy groups -OCH3 is 2. The normalized spacial score (nSPS) is 17.1. The standard InChI is InChI=1S/C30H40ClN7O4S.C28H36ClN7O3S/c1-42-28-19-24(37-11-9-23(10-12-37)38-15-13-36(14-16-38)17-18-39)7-8-27(28)34-30-32-20-25(31)29(35-30)33-26-6-4-3-5-22(26)21-43(2,40)41;1-39-26-17-22(35-13-9-21(10-14-35)36-15-11-30-12-16-36)7-8-25(26)33-28-31-18-23(29)27(34-28)32-24-6-4-3-5-20(24)19-40(2,37)38/h3-8,19-20,23,39H,9-18,21H2,1-2H3,(H2,32,33,34,35);3-8,17-18,21,30H,9-16,19H2,1-2H3,(H2,31,32,33,34). The molecule has 10 rings (SSSR count). The average Bonchev–Trinajstić information content (AvgIpc) is 3.53. The van der Waals surface area contributed by atoms with Gasteiger partial charge in [0.1, 0.15) is 21.5 Å². The van der Waals surface area contributed by atoms with E-state index in [0.717, 1.165) is 128 Å². The molecule has 0 atom stereocenters. The summed E-state index contributed by atoms with van der Waals surface area (Å²) < 4.78 is 59.0. The quantitative estimate of drug-likeness (QED) is 0.0428. The molecule has 4 aliphatic heterocycles. The van der Waals surface area contributed by atoms with Crippen LogP contribution >= 0.6 is 23.2 Å². The number of nitrogens with one attached hydrogen (secondary N) is 5. The van der Waals surface area contributed by atoms with Gasteiger partial charge in [-0.1, -0.05) is 59.6 Å². The van der Waals surface area contributed by atoms with E-state index >= 15 is 0 Å². The molecule has 21 nitrogen and oxygen atoms in total. The van der Waals surface area contributed by atoms with Crippen LogP contribution < -0.4 is 45.9 Å². The fourth-order valence-corrected chi connectivity index (χ4v) is 13.0. The maximum Gasteiger partial charge on any atom is 0.229 e. The van der Waals surface area contributed by atoms with Crippen LogP contribution in [0.25, 0.3) is 0 Å². The summed E-state index contributed by atoms with van der Waals surface area (Å²) in [6.45, 7) is 13.6. The van der Waals surface area contributed by atoms with Crippen LogP contribution in [0.1, 0.15) is 36.8 Å². The minimum atomic E-state index is -3.23. The molecule has 25 heteroatoms. The molecule has 0 aliphatic carbocycles. The minimum Gasteiger partial charge on any atom is -0.494 e. The van der Waals surface area contributed by atoms with Gasteiger partial charge in [0, 0.05) is 145 Å². The third-order valence-electron chi connectivity index (χ3n) is 15.4. The largest absolute Gasteiger partial charge is 0.494 e. The zero-order valence-electron chi connectivity index (χ0n) is 47.5. The highest BCUT2D eigenvalue weighted by Crippen LogP contribution is 2.37. The van der Waals surface area contributed by atoms with Crippen molar-refractivity contribution in [3.63, 3.8) is 0 Å². The molecular formula is C58H76Cl2N14O7S2. The SMILES string of the molecule is COc1cc(N2CCC(N3CCN(CCO)CC3)CC2)ccc1Nc1ncc(Cl)c(Nc2ccccc2CS(C)(=O)=O)n1.COc1cc(N2CCC(N3CCNCC3)CC2)ccc1Nc1ncc(Cl)c(Nc2ccccc2CS(C)(=O)=O)n1. The molecule has 0 saturated carbocycles. The average molecular weight is 1220 g/mol. The van der Waals surface area contributed by atoms with E-state index in [4.69, 9.17) is 32.7 Å². The predicted molar refractivity (Wildman–Crippen MR) is 333 cm³/mol. The molecule has 6 aromatic rings. The first-order valence-corrected chi connectivity index (χ1v) is 32.9. The molecular weight excluding hydrogens is 1140 g/mol. The summed E-state index contributed by atoms with van der Waals surface area (Å²) >= 11 is 12.8. The highest BCUT2D eigenvalue weighted by molar-refractivity contribution is 7.90. The Hall–Kier alpha value is -6.28. The molecule has 6 heterocycles. The second kappa shape index (κ2) is 28.5. The number of ether oxygens (including phenoxy) is 2. The van der Waals surface area contributed by atoms with Gasteiger partial charge >= 0.3 is 0 Å². The number of sulfone groups is 2. The Balaban J connectivity index is 0.000000200. The molecule has 0 radical (unpaired) electrons.